The number of nitrogens with zero attached hydrogens (tertiary/aromatic N) is 2. The highest BCUT2D eigenvalue weighted by Gasteiger charge is 2.37. The van der Waals surface area contributed by atoms with Crippen LogP contribution in [0.5, 0.6) is 0 Å². The van der Waals surface area contributed by atoms with E-state index < -0.39 is 5.91 Å². The second-order valence-corrected chi connectivity index (χ2v) is 5.64. The van der Waals surface area contributed by atoms with E-state index in [2.05, 4.69) is 4.90 Å². The van der Waals surface area contributed by atoms with Gasteiger partial charge in [0, 0.05) is 26.2 Å². The van der Waals surface area contributed by atoms with Gasteiger partial charge in [0.15, 0.2) is 0 Å². The molecule has 1 saturated heterocycles. The summed E-state index contributed by atoms with van der Waals surface area (Å²) in [6, 6.07) is 3.68. The number of amides is 1. The van der Waals surface area contributed by atoms with Gasteiger partial charge >= 0.3 is 0 Å². The van der Waals surface area contributed by atoms with Crippen LogP contribution in [0.25, 0.3) is 0 Å². The maximum absolute atomic E-state index is 12.2. The summed E-state index contributed by atoms with van der Waals surface area (Å²) in [7, 11) is 0. The quantitative estimate of drug-likeness (QED) is 0.783. The van der Waals surface area contributed by atoms with Gasteiger partial charge in [-0.15, -0.1) is 0 Å². The van der Waals surface area contributed by atoms with Gasteiger partial charge in [-0.1, -0.05) is 6.07 Å². The van der Waals surface area contributed by atoms with Crippen LogP contribution < -0.4 is 4.90 Å². The maximum atomic E-state index is 12.2. The van der Waals surface area contributed by atoms with Crippen molar-refractivity contribution < 1.29 is 14.3 Å². The zero-order valence-corrected chi connectivity index (χ0v) is 12.5. The molecule has 2 aliphatic rings. The van der Waals surface area contributed by atoms with E-state index in [0.717, 1.165) is 49.7 Å². The number of ether oxygens (including phenoxy) is 1. The van der Waals surface area contributed by atoms with Crippen LogP contribution >= 0.6 is 0 Å². The number of carbonyl (C=O) groups excluding carboxylic acids is 2. The number of ketones is 1. The summed E-state index contributed by atoms with van der Waals surface area (Å²) in [6.07, 6.45) is 0. The molecule has 1 aromatic rings. The smallest absolute Gasteiger partial charge is 0.299 e. The van der Waals surface area contributed by atoms with E-state index in [0.29, 0.717) is 12.1 Å². The van der Waals surface area contributed by atoms with Crippen LogP contribution in [0.3, 0.4) is 0 Å². The number of fused-ring (bicyclic) bond motifs is 1. The molecule has 0 N–H and O–H groups in total. The molecular weight excluding hydrogens is 268 g/mol. The molecule has 5 heteroatoms. The van der Waals surface area contributed by atoms with E-state index in [4.69, 9.17) is 4.74 Å². The topological polar surface area (TPSA) is 49.9 Å². The second-order valence-electron chi connectivity index (χ2n) is 5.64. The number of hydrogen-bond donors (Lipinski definition) is 0. The summed E-state index contributed by atoms with van der Waals surface area (Å²) >= 11 is 0. The molecule has 0 bridgehead atoms. The molecule has 0 unspecified atom stereocenters. The van der Waals surface area contributed by atoms with E-state index in [-0.39, 0.29) is 5.78 Å². The van der Waals surface area contributed by atoms with Crippen molar-refractivity contribution in [2.24, 2.45) is 0 Å². The van der Waals surface area contributed by atoms with Crippen molar-refractivity contribution in [3.8, 4) is 0 Å². The molecule has 0 saturated carbocycles. The normalized spacial score (nSPS) is 19.2. The SMILES string of the molecule is Cc1ccc2c(c1C)N(CCN1CCOCC1)C(=O)C2=O. The van der Waals surface area contributed by atoms with Crippen molar-refractivity contribution in [1.29, 1.82) is 0 Å². The molecular formula is C16H20N2O3. The first-order valence-electron chi connectivity index (χ1n) is 7.36. The lowest BCUT2D eigenvalue weighted by atomic mass is 10.0. The Morgan fingerprint density at radius 1 is 1.10 bits per heavy atom. The third-order valence-electron chi connectivity index (χ3n) is 4.40. The van der Waals surface area contributed by atoms with E-state index in [1.807, 2.05) is 19.9 Å². The number of morpholine rings is 1. The average molecular weight is 288 g/mol. The van der Waals surface area contributed by atoms with Crippen LogP contribution in [-0.2, 0) is 9.53 Å². The lowest BCUT2D eigenvalue weighted by Gasteiger charge is -2.29. The van der Waals surface area contributed by atoms with Gasteiger partial charge in [-0.2, -0.15) is 0 Å². The number of Topliss-reactive ketones (excluding diaryl/α,β-unsaturated/α-hetero) is 1. The number of rotatable bonds is 3. The maximum Gasteiger partial charge on any atom is 0.299 e. The van der Waals surface area contributed by atoms with Gasteiger partial charge in [0.25, 0.3) is 11.7 Å². The van der Waals surface area contributed by atoms with Gasteiger partial charge in [0.05, 0.1) is 24.5 Å². The Kier molecular flexibility index (Phi) is 3.78. The Bertz CT molecular complexity index is 591. The fourth-order valence-electron chi connectivity index (χ4n) is 2.95. The van der Waals surface area contributed by atoms with Gasteiger partial charge in [-0.05, 0) is 31.0 Å². The van der Waals surface area contributed by atoms with Crippen LogP contribution in [0.4, 0.5) is 5.69 Å². The van der Waals surface area contributed by atoms with Crippen molar-refractivity contribution in [2.75, 3.05) is 44.3 Å². The van der Waals surface area contributed by atoms with Crippen molar-refractivity contribution in [3.05, 3.63) is 28.8 Å². The van der Waals surface area contributed by atoms with E-state index >= 15 is 0 Å². The van der Waals surface area contributed by atoms with Gasteiger partial charge in [0.1, 0.15) is 0 Å². The molecule has 2 heterocycles. The van der Waals surface area contributed by atoms with Crippen molar-refractivity contribution in [1.82, 2.24) is 4.90 Å². The molecule has 0 radical (unpaired) electrons. The minimum absolute atomic E-state index is 0.380. The lowest BCUT2D eigenvalue weighted by Crippen LogP contribution is -2.43. The van der Waals surface area contributed by atoms with Crippen LogP contribution in [-0.4, -0.2) is 56.0 Å². The summed E-state index contributed by atoms with van der Waals surface area (Å²) in [6.45, 7) is 8.55. The number of aryl methyl sites for hydroxylation is 1. The monoisotopic (exact) mass is 288 g/mol. The Morgan fingerprint density at radius 3 is 2.52 bits per heavy atom. The summed E-state index contributed by atoms with van der Waals surface area (Å²) in [5.41, 5.74) is 3.48. The molecule has 5 nitrogen and oxygen atoms in total. The minimum Gasteiger partial charge on any atom is -0.379 e. The van der Waals surface area contributed by atoms with E-state index in [9.17, 15) is 9.59 Å². The Balaban J connectivity index is 1.81. The second kappa shape index (κ2) is 5.58. The molecule has 1 aromatic carbocycles. The first-order chi connectivity index (χ1) is 10.1. The van der Waals surface area contributed by atoms with Gasteiger partial charge in [0.2, 0.25) is 0 Å². The van der Waals surface area contributed by atoms with Crippen molar-refractivity contribution in [2.45, 2.75) is 13.8 Å². The summed E-state index contributed by atoms with van der Waals surface area (Å²) in [5.74, 6) is -0.776. The molecule has 0 aliphatic carbocycles. The third-order valence-corrected chi connectivity index (χ3v) is 4.40. The summed E-state index contributed by atoms with van der Waals surface area (Å²) < 4.78 is 5.32. The molecule has 3 rings (SSSR count). The minimum atomic E-state index is -0.396. The Morgan fingerprint density at radius 2 is 1.81 bits per heavy atom. The molecule has 0 atom stereocenters. The highest BCUT2D eigenvalue weighted by molar-refractivity contribution is 6.52. The first kappa shape index (κ1) is 14.2. The molecule has 0 spiro atoms. The molecule has 2 aliphatic heterocycles. The Labute approximate surface area is 124 Å². The third kappa shape index (κ3) is 2.47. The number of carbonyl (C=O) groups is 2. The average Bonchev–Trinajstić information content (AvgIpc) is 2.75. The predicted molar refractivity (Wildman–Crippen MR) is 79.9 cm³/mol. The number of benzene rings is 1. The summed E-state index contributed by atoms with van der Waals surface area (Å²) in [4.78, 5) is 28.2. The van der Waals surface area contributed by atoms with Crippen LogP contribution in [0.2, 0.25) is 0 Å². The van der Waals surface area contributed by atoms with E-state index in [1.165, 1.54) is 0 Å². The first-order valence-corrected chi connectivity index (χ1v) is 7.36. The van der Waals surface area contributed by atoms with Crippen molar-refractivity contribution in [3.63, 3.8) is 0 Å². The van der Waals surface area contributed by atoms with Crippen molar-refractivity contribution >= 4 is 17.4 Å². The number of anilines is 1. The van der Waals surface area contributed by atoms with Gasteiger partial charge in [-0.25, -0.2) is 0 Å². The molecule has 21 heavy (non-hydrogen) atoms. The highest BCUT2D eigenvalue weighted by Crippen LogP contribution is 2.33. The zero-order valence-electron chi connectivity index (χ0n) is 12.5. The zero-order chi connectivity index (χ0) is 15.0. The fraction of sp³-hybridized carbons (Fsp3) is 0.500. The fourth-order valence-corrected chi connectivity index (χ4v) is 2.95. The molecule has 1 amide bonds. The molecule has 0 aromatic heterocycles. The van der Waals surface area contributed by atoms with Crippen LogP contribution in [0.15, 0.2) is 12.1 Å². The van der Waals surface area contributed by atoms with Gasteiger partial charge in [-0.3, -0.25) is 14.5 Å². The van der Waals surface area contributed by atoms with Crippen LogP contribution in [0.1, 0.15) is 21.5 Å². The summed E-state index contributed by atoms with van der Waals surface area (Å²) in [5, 5.41) is 0. The highest BCUT2D eigenvalue weighted by atomic mass is 16.5. The lowest BCUT2D eigenvalue weighted by molar-refractivity contribution is -0.114. The van der Waals surface area contributed by atoms with E-state index in [1.54, 1.807) is 11.0 Å². The standard InChI is InChI=1S/C16H20N2O3/c1-11-3-4-13-14(12(11)2)18(16(20)15(13)19)6-5-17-7-9-21-10-8-17/h3-4H,5-10H2,1-2H3. The predicted octanol–water partition coefficient (Wildman–Crippen LogP) is 1.16. The Hall–Kier alpha value is -1.72. The van der Waals surface area contributed by atoms with Crippen LogP contribution in [0, 0.1) is 13.8 Å². The largest absolute Gasteiger partial charge is 0.379 e. The number of hydrogen-bond acceptors (Lipinski definition) is 4. The van der Waals surface area contributed by atoms with Gasteiger partial charge < -0.3 is 9.64 Å². The molecule has 112 valence electrons. The molecule has 1 fully saturated rings.